The maximum atomic E-state index is 11.1. The van der Waals surface area contributed by atoms with E-state index in [1.165, 1.54) is 6.26 Å². The average molecular weight is 284 g/mol. The van der Waals surface area contributed by atoms with E-state index in [-0.39, 0.29) is 11.9 Å². The number of fused-ring (bicyclic) bond motifs is 1. The summed E-state index contributed by atoms with van der Waals surface area (Å²) in [4.78, 5) is 1.99. The summed E-state index contributed by atoms with van der Waals surface area (Å²) in [5, 5.41) is 3.32. The quantitative estimate of drug-likeness (QED) is 0.868. The maximum Gasteiger partial charge on any atom is 0.148 e. The third kappa shape index (κ3) is 4.40. The molecule has 1 aromatic rings. The molecule has 0 fully saturated rings. The maximum absolute atomic E-state index is 11.1. The summed E-state index contributed by atoms with van der Waals surface area (Å²) in [6, 6.07) is 7.83. The zero-order valence-corrected chi connectivity index (χ0v) is 12.1. The smallest absolute Gasteiger partial charge is 0.148 e. The fourth-order valence-corrected chi connectivity index (χ4v) is 2.67. The lowest BCUT2D eigenvalue weighted by Crippen LogP contribution is -2.41. The molecular weight excluding hydrogens is 264 g/mol. The Morgan fingerprint density at radius 3 is 2.89 bits per heavy atom. The Morgan fingerprint density at radius 2 is 2.16 bits per heavy atom. The first-order valence-electron chi connectivity index (χ1n) is 6.30. The second-order valence-electron chi connectivity index (χ2n) is 5.01. The first-order chi connectivity index (χ1) is 8.94. The van der Waals surface area contributed by atoms with Crippen LogP contribution in [0.2, 0.25) is 0 Å². The highest BCUT2D eigenvalue weighted by atomic mass is 32.2. The van der Waals surface area contributed by atoms with Crippen LogP contribution in [0.15, 0.2) is 24.3 Å². The van der Waals surface area contributed by atoms with Gasteiger partial charge in [0.1, 0.15) is 21.7 Å². The third-order valence-electron chi connectivity index (χ3n) is 3.06. The van der Waals surface area contributed by atoms with Gasteiger partial charge in [0.2, 0.25) is 0 Å². The Labute approximate surface area is 114 Å². The van der Waals surface area contributed by atoms with Gasteiger partial charge in [-0.15, -0.1) is 0 Å². The van der Waals surface area contributed by atoms with Crippen molar-refractivity contribution in [2.75, 3.05) is 44.0 Å². The summed E-state index contributed by atoms with van der Waals surface area (Å²) in [7, 11) is -0.995. The summed E-state index contributed by atoms with van der Waals surface area (Å²) >= 11 is 0. The molecule has 1 aliphatic heterocycles. The minimum Gasteiger partial charge on any atom is -0.485 e. The molecular formula is C13H20N2O3S. The molecule has 1 N–H and O–H groups in total. The molecule has 0 saturated heterocycles. The van der Waals surface area contributed by atoms with Crippen molar-refractivity contribution in [3.05, 3.63) is 24.3 Å². The van der Waals surface area contributed by atoms with E-state index in [9.17, 15) is 8.42 Å². The van der Waals surface area contributed by atoms with Gasteiger partial charge >= 0.3 is 0 Å². The lowest BCUT2D eigenvalue weighted by molar-refractivity contribution is 0.155. The summed E-state index contributed by atoms with van der Waals surface area (Å²) in [5.41, 5.74) is 1.01. The Balaban J connectivity index is 1.85. The van der Waals surface area contributed by atoms with E-state index in [4.69, 9.17) is 4.74 Å². The molecule has 1 atom stereocenters. The number of ether oxygens (including phenoxy) is 1. The molecule has 1 aliphatic rings. The van der Waals surface area contributed by atoms with Gasteiger partial charge in [-0.25, -0.2) is 8.42 Å². The van der Waals surface area contributed by atoms with Crippen LogP contribution in [0, 0.1) is 0 Å². The molecule has 0 spiro atoms. The van der Waals surface area contributed by atoms with Crippen LogP contribution in [0.25, 0.3) is 0 Å². The van der Waals surface area contributed by atoms with E-state index in [2.05, 4.69) is 5.32 Å². The number of likely N-dealkylation sites (N-methyl/N-ethyl adjacent to an activating group) is 1. The van der Waals surface area contributed by atoms with Crippen LogP contribution in [0.1, 0.15) is 0 Å². The highest BCUT2D eigenvalue weighted by Gasteiger charge is 2.20. The molecule has 5 nitrogen and oxygen atoms in total. The topological polar surface area (TPSA) is 58.6 Å². The number of hydrogen-bond acceptors (Lipinski definition) is 5. The van der Waals surface area contributed by atoms with Crippen LogP contribution in [0.5, 0.6) is 5.75 Å². The van der Waals surface area contributed by atoms with Crippen molar-refractivity contribution in [2.45, 2.75) is 6.10 Å². The molecule has 19 heavy (non-hydrogen) atoms. The number of anilines is 1. The van der Waals surface area contributed by atoms with Crippen LogP contribution in [-0.2, 0) is 9.84 Å². The minimum atomic E-state index is -2.91. The Morgan fingerprint density at radius 1 is 1.42 bits per heavy atom. The SMILES string of the molecule is CN(CCS(C)(=O)=O)CC1CNc2ccccc2O1. The molecule has 0 bridgehead atoms. The van der Waals surface area contributed by atoms with Crippen LogP contribution in [-0.4, -0.2) is 58.1 Å². The number of rotatable bonds is 5. The highest BCUT2D eigenvalue weighted by molar-refractivity contribution is 7.90. The van der Waals surface area contributed by atoms with E-state index in [0.717, 1.165) is 18.0 Å². The van der Waals surface area contributed by atoms with Crippen LogP contribution < -0.4 is 10.1 Å². The lowest BCUT2D eigenvalue weighted by atomic mass is 10.2. The molecule has 1 unspecified atom stereocenters. The summed E-state index contributed by atoms with van der Waals surface area (Å²) in [6.07, 6.45) is 1.30. The first-order valence-corrected chi connectivity index (χ1v) is 8.36. The van der Waals surface area contributed by atoms with Crippen molar-refractivity contribution in [2.24, 2.45) is 0 Å². The second-order valence-corrected chi connectivity index (χ2v) is 7.27. The molecule has 0 aromatic heterocycles. The van der Waals surface area contributed by atoms with Crippen molar-refractivity contribution in [1.29, 1.82) is 0 Å². The molecule has 0 radical (unpaired) electrons. The highest BCUT2D eigenvalue weighted by Crippen LogP contribution is 2.28. The van der Waals surface area contributed by atoms with Gasteiger partial charge in [-0.2, -0.15) is 0 Å². The second kappa shape index (κ2) is 5.79. The van der Waals surface area contributed by atoms with Gasteiger partial charge in [-0.05, 0) is 19.2 Å². The van der Waals surface area contributed by atoms with E-state index in [1.54, 1.807) is 0 Å². The molecule has 1 heterocycles. The van der Waals surface area contributed by atoms with Gasteiger partial charge in [0.05, 0.1) is 18.0 Å². The van der Waals surface area contributed by atoms with E-state index in [1.807, 2.05) is 36.2 Å². The molecule has 1 aromatic carbocycles. The van der Waals surface area contributed by atoms with Gasteiger partial charge in [0, 0.05) is 19.3 Å². The van der Waals surface area contributed by atoms with E-state index < -0.39 is 9.84 Å². The van der Waals surface area contributed by atoms with Crippen LogP contribution >= 0.6 is 0 Å². The summed E-state index contributed by atoms with van der Waals surface area (Å²) < 4.78 is 28.1. The molecule has 0 saturated carbocycles. The molecule has 6 heteroatoms. The third-order valence-corrected chi connectivity index (χ3v) is 3.98. The van der Waals surface area contributed by atoms with Crippen LogP contribution in [0.4, 0.5) is 5.69 Å². The predicted octanol–water partition coefficient (Wildman–Crippen LogP) is 0.836. The standard InChI is InChI=1S/C13H20N2O3S/c1-15(7-8-19(2,16)17)10-11-9-14-12-5-3-4-6-13(12)18-11/h3-6,11,14H,7-10H2,1-2H3. The van der Waals surface area contributed by atoms with Crippen molar-refractivity contribution >= 4 is 15.5 Å². The van der Waals surface area contributed by atoms with Gasteiger partial charge in [-0.3, -0.25) is 0 Å². The number of nitrogens with zero attached hydrogens (tertiary/aromatic N) is 1. The van der Waals surface area contributed by atoms with Crippen molar-refractivity contribution in [1.82, 2.24) is 4.90 Å². The number of nitrogens with one attached hydrogen (secondary N) is 1. The summed E-state index contributed by atoms with van der Waals surface area (Å²) in [6.45, 7) is 1.97. The van der Waals surface area contributed by atoms with Gasteiger partial charge < -0.3 is 15.0 Å². The Bertz CT molecular complexity index is 530. The number of para-hydroxylation sites is 2. The Hall–Kier alpha value is -1.27. The molecule has 106 valence electrons. The fourth-order valence-electron chi connectivity index (χ4n) is 2.02. The zero-order valence-electron chi connectivity index (χ0n) is 11.3. The molecule has 0 amide bonds. The fraction of sp³-hybridized carbons (Fsp3) is 0.538. The lowest BCUT2D eigenvalue weighted by Gasteiger charge is -2.30. The van der Waals surface area contributed by atoms with Gasteiger partial charge in [0.25, 0.3) is 0 Å². The summed E-state index contributed by atoms with van der Waals surface area (Å²) in [5.74, 6) is 1.04. The van der Waals surface area contributed by atoms with Gasteiger partial charge in [-0.1, -0.05) is 12.1 Å². The largest absolute Gasteiger partial charge is 0.485 e. The monoisotopic (exact) mass is 284 g/mol. The molecule has 0 aliphatic carbocycles. The number of hydrogen-bond donors (Lipinski definition) is 1. The first kappa shape index (κ1) is 14.1. The van der Waals surface area contributed by atoms with Crippen LogP contribution in [0.3, 0.4) is 0 Å². The van der Waals surface area contributed by atoms with E-state index >= 15 is 0 Å². The number of sulfone groups is 1. The van der Waals surface area contributed by atoms with E-state index in [0.29, 0.717) is 13.1 Å². The van der Waals surface area contributed by atoms with Crippen molar-refractivity contribution in [3.63, 3.8) is 0 Å². The number of benzene rings is 1. The van der Waals surface area contributed by atoms with Gasteiger partial charge in [0.15, 0.2) is 0 Å². The van der Waals surface area contributed by atoms with Crippen molar-refractivity contribution in [3.8, 4) is 5.75 Å². The minimum absolute atomic E-state index is 0.0412. The predicted molar refractivity (Wildman–Crippen MR) is 76.6 cm³/mol. The Kier molecular flexibility index (Phi) is 4.31. The zero-order chi connectivity index (χ0) is 13.9. The van der Waals surface area contributed by atoms with Crippen molar-refractivity contribution < 1.29 is 13.2 Å². The average Bonchev–Trinajstić information content (AvgIpc) is 2.35. The normalized spacial score (nSPS) is 18.6. The molecule has 2 rings (SSSR count).